The summed E-state index contributed by atoms with van der Waals surface area (Å²) in [5.41, 5.74) is 3.00. The Balaban J connectivity index is 2.23. The van der Waals surface area contributed by atoms with E-state index in [0.717, 1.165) is 0 Å². The number of hydrogen-bond donors (Lipinski definition) is 1. The summed E-state index contributed by atoms with van der Waals surface area (Å²) in [6, 6.07) is 0. The Morgan fingerprint density at radius 1 is 1.80 bits per heavy atom. The van der Waals surface area contributed by atoms with Crippen LogP contribution in [0.15, 0.2) is 12.4 Å². The Bertz CT molecular complexity index is 148. The molecule has 3 nitrogen and oxygen atoms in total. The summed E-state index contributed by atoms with van der Waals surface area (Å²) >= 11 is 6.12. The molecule has 0 aromatic rings. The Kier molecular flexibility index (Phi) is 2.98. The topological polar surface area (TPSA) is 18.5 Å². The first-order chi connectivity index (χ1) is 4.84. The minimum absolute atomic E-state index is 0.717. The number of thiocarbonyl (C=S) groups is 1. The Morgan fingerprint density at radius 3 is 3.10 bits per heavy atom. The molecule has 0 fully saturated rings. The van der Waals surface area contributed by atoms with Gasteiger partial charge in [0.25, 0.3) is 0 Å². The van der Waals surface area contributed by atoms with Gasteiger partial charge in [0, 0.05) is 30.6 Å². The highest BCUT2D eigenvalue weighted by Gasteiger charge is 2.09. The Labute approximate surface area is 70.1 Å². The van der Waals surface area contributed by atoms with Crippen LogP contribution in [0, 0.1) is 0 Å². The molecule has 0 bridgehead atoms. The number of nitrogens with one attached hydrogen (secondary N) is 1. The van der Waals surface area contributed by atoms with E-state index in [9.17, 15) is 0 Å². The minimum Gasteiger partial charge on any atom is -0.297 e. The van der Waals surface area contributed by atoms with Gasteiger partial charge >= 0.3 is 0 Å². The van der Waals surface area contributed by atoms with E-state index in [0.29, 0.717) is 5.75 Å². The van der Waals surface area contributed by atoms with Gasteiger partial charge in [-0.05, 0) is 11.9 Å². The summed E-state index contributed by atoms with van der Waals surface area (Å²) in [4.78, 5) is 0. The molecule has 0 saturated heterocycles. The monoisotopic (exact) mass is 174 g/mol. The van der Waals surface area contributed by atoms with Gasteiger partial charge in [0.1, 0.15) is 0 Å². The lowest BCUT2D eigenvalue weighted by atomic mass is 10.9. The summed E-state index contributed by atoms with van der Waals surface area (Å²) < 4.78 is 1.87. The van der Waals surface area contributed by atoms with Gasteiger partial charge < -0.3 is 0 Å². The van der Waals surface area contributed by atoms with Crippen molar-refractivity contribution in [3.63, 3.8) is 0 Å². The first-order valence-electron chi connectivity index (χ1n) is 2.78. The van der Waals surface area contributed by atoms with Crippen LogP contribution in [0.3, 0.4) is 0 Å². The molecular weight excluding hydrogens is 166 g/mol. The van der Waals surface area contributed by atoms with E-state index in [1.54, 1.807) is 11.9 Å². The zero-order valence-corrected chi connectivity index (χ0v) is 7.21. The largest absolute Gasteiger partial charge is 0.297 e. The zero-order chi connectivity index (χ0) is 7.40. The third-order valence-corrected chi connectivity index (χ3v) is 2.22. The lowest BCUT2D eigenvalue weighted by Gasteiger charge is -2.21. The normalized spacial score (nSPS) is 17.5. The van der Waals surface area contributed by atoms with E-state index in [4.69, 9.17) is 0 Å². The van der Waals surface area contributed by atoms with Crippen molar-refractivity contribution in [1.82, 2.24) is 15.0 Å². The molecule has 0 saturated carbocycles. The molecule has 1 aliphatic rings. The molecule has 0 atom stereocenters. The maximum absolute atomic E-state index is 4.56. The standard InChI is InChI=1S/C5H8N3S2/c1-7-3-2-6-8(7)10-5-4-9/h2-3,6H,5H2,1H3. The van der Waals surface area contributed by atoms with Crippen molar-refractivity contribution in [2.24, 2.45) is 0 Å². The van der Waals surface area contributed by atoms with Gasteiger partial charge in [0.05, 0.1) is 0 Å². The quantitative estimate of drug-likeness (QED) is 0.498. The second kappa shape index (κ2) is 3.80. The molecule has 5 heteroatoms. The number of hydrogen-bond acceptors (Lipinski definition) is 5. The zero-order valence-electron chi connectivity index (χ0n) is 5.57. The van der Waals surface area contributed by atoms with Crippen LogP contribution in [-0.2, 0) is 0 Å². The maximum Gasteiger partial charge on any atom is 0.0482 e. The second-order valence-electron chi connectivity index (χ2n) is 1.71. The number of rotatable bonds is 3. The molecule has 0 aromatic carbocycles. The fourth-order valence-corrected chi connectivity index (χ4v) is 1.28. The van der Waals surface area contributed by atoms with E-state index < -0.39 is 0 Å². The van der Waals surface area contributed by atoms with Crippen LogP contribution in [0.4, 0.5) is 0 Å². The van der Waals surface area contributed by atoms with Crippen molar-refractivity contribution in [3.8, 4) is 0 Å². The Hall–Kier alpha value is -0.260. The first kappa shape index (κ1) is 7.84. The van der Waals surface area contributed by atoms with E-state index in [2.05, 4.69) is 23.0 Å². The van der Waals surface area contributed by atoms with Crippen molar-refractivity contribution in [1.29, 1.82) is 0 Å². The third-order valence-electron chi connectivity index (χ3n) is 1.01. The third kappa shape index (κ3) is 1.86. The molecule has 1 N–H and O–H groups in total. The highest BCUT2D eigenvalue weighted by molar-refractivity contribution is 7.98. The van der Waals surface area contributed by atoms with Gasteiger partial charge in [-0.2, -0.15) is 0 Å². The van der Waals surface area contributed by atoms with Crippen molar-refractivity contribution in [3.05, 3.63) is 12.4 Å². The van der Waals surface area contributed by atoms with E-state index in [1.807, 2.05) is 29.0 Å². The van der Waals surface area contributed by atoms with Crippen molar-refractivity contribution in [2.45, 2.75) is 0 Å². The molecule has 0 amide bonds. The number of hydrazine groups is 2. The summed E-state index contributed by atoms with van der Waals surface area (Å²) in [5.74, 6) is 0.717. The predicted octanol–water partition coefficient (Wildman–Crippen LogP) is 0.649. The van der Waals surface area contributed by atoms with Crippen molar-refractivity contribution < 1.29 is 0 Å². The van der Waals surface area contributed by atoms with Gasteiger partial charge in [-0.3, -0.25) is 10.4 Å². The lowest BCUT2D eigenvalue weighted by molar-refractivity contribution is 0.163. The molecule has 55 valence electrons. The molecule has 0 aliphatic carbocycles. The van der Waals surface area contributed by atoms with E-state index >= 15 is 0 Å². The average Bonchev–Trinajstić information content (AvgIpc) is 2.31. The van der Waals surface area contributed by atoms with Gasteiger partial charge in [-0.25, -0.2) is 0 Å². The van der Waals surface area contributed by atoms with Gasteiger partial charge in [0.15, 0.2) is 0 Å². The summed E-state index contributed by atoms with van der Waals surface area (Å²) in [7, 11) is 1.95. The Morgan fingerprint density at radius 2 is 2.60 bits per heavy atom. The maximum atomic E-state index is 4.56. The molecular formula is C5H8N3S2. The molecule has 1 radical (unpaired) electrons. The highest BCUT2D eigenvalue weighted by atomic mass is 32.2. The first-order valence-corrected chi connectivity index (χ1v) is 4.13. The second-order valence-corrected chi connectivity index (χ2v) is 2.89. The van der Waals surface area contributed by atoms with Crippen LogP contribution in [-0.4, -0.2) is 27.7 Å². The summed E-state index contributed by atoms with van der Waals surface area (Å²) in [6.07, 6.45) is 3.78. The smallest absolute Gasteiger partial charge is 0.0482 e. The lowest BCUT2D eigenvalue weighted by Crippen LogP contribution is -2.33. The minimum atomic E-state index is 0.717. The van der Waals surface area contributed by atoms with Gasteiger partial charge in [-0.15, -0.1) is 0 Å². The predicted molar refractivity (Wildman–Crippen MR) is 46.9 cm³/mol. The van der Waals surface area contributed by atoms with Crippen LogP contribution in [0.5, 0.6) is 0 Å². The highest BCUT2D eigenvalue weighted by Crippen LogP contribution is 2.11. The van der Waals surface area contributed by atoms with Gasteiger partial charge in [0.2, 0.25) is 0 Å². The number of nitrogens with zero attached hydrogens (tertiary/aromatic N) is 2. The van der Waals surface area contributed by atoms with Crippen LogP contribution in [0.1, 0.15) is 0 Å². The molecule has 10 heavy (non-hydrogen) atoms. The summed E-state index contributed by atoms with van der Waals surface area (Å²) in [5, 5.41) is 4.55. The molecule has 0 spiro atoms. The van der Waals surface area contributed by atoms with Crippen LogP contribution in [0.25, 0.3) is 0 Å². The average molecular weight is 174 g/mol. The fourth-order valence-electron chi connectivity index (χ4n) is 0.572. The fraction of sp³-hybridized carbons (Fsp3) is 0.400. The van der Waals surface area contributed by atoms with E-state index in [1.165, 1.54) is 0 Å². The van der Waals surface area contributed by atoms with Gasteiger partial charge in [-0.1, -0.05) is 16.7 Å². The molecule has 1 aliphatic heterocycles. The van der Waals surface area contributed by atoms with E-state index in [-0.39, 0.29) is 0 Å². The van der Waals surface area contributed by atoms with Crippen molar-refractivity contribution >= 4 is 29.5 Å². The molecule has 0 aromatic heterocycles. The van der Waals surface area contributed by atoms with Crippen molar-refractivity contribution in [2.75, 3.05) is 12.8 Å². The van der Waals surface area contributed by atoms with Crippen LogP contribution >= 0.6 is 24.2 Å². The van der Waals surface area contributed by atoms with Crippen LogP contribution < -0.4 is 5.43 Å². The SMILES string of the molecule is CN1C=CNN1SC[C]=S. The molecule has 1 rings (SSSR count). The molecule has 1 heterocycles. The summed E-state index contributed by atoms with van der Waals surface area (Å²) in [6.45, 7) is 0. The molecule has 0 unspecified atom stereocenters. The van der Waals surface area contributed by atoms with Crippen LogP contribution in [0.2, 0.25) is 0 Å².